The average Bonchev–Trinajstić information content (AvgIpc) is 3.15. The molecule has 1 aliphatic rings. The number of nitrogens with zero attached hydrogens (tertiary/aromatic N) is 2. The van der Waals surface area contributed by atoms with E-state index in [1.807, 2.05) is 13.0 Å². The van der Waals surface area contributed by atoms with Gasteiger partial charge in [-0.25, -0.2) is 0 Å². The van der Waals surface area contributed by atoms with E-state index in [-0.39, 0.29) is 6.04 Å². The van der Waals surface area contributed by atoms with E-state index >= 15 is 0 Å². The largest absolute Gasteiger partial charge is 0.461 e. The van der Waals surface area contributed by atoms with Gasteiger partial charge in [0.2, 0.25) is 11.7 Å². The third kappa shape index (κ3) is 2.15. The molecular weight excluding hydrogens is 266 g/mol. The molecule has 0 saturated carbocycles. The Morgan fingerprint density at radius 3 is 2.86 bits per heavy atom. The molecule has 21 heavy (non-hydrogen) atoms. The number of benzene rings is 1. The molecule has 0 amide bonds. The Hall–Kier alpha value is -2.40. The van der Waals surface area contributed by atoms with Crippen molar-refractivity contribution in [3.63, 3.8) is 0 Å². The fourth-order valence-electron chi connectivity index (χ4n) is 2.70. The van der Waals surface area contributed by atoms with Crippen molar-refractivity contribution < 1.29 is 8.94 Å². The van der Waals surface area contributed by atoms with Gasteiger partial charge >= 0.3 is 0 Å². The molecule has 5 heteroatoms. The first-order chi connectivity index (χ1) is 10.3. The zero-order valence-corrected chi connectivity index (χ0v) is 11.7. The zero-order chi connectivity index (χ0) is 14.2. The average molecular weight is 281 g/mol. The van der Waals surface area contributed by atoms with Crippen molar-refractivity contribution in [2.24, 2.45) is 0 Å². The molecule has 0 unspecified atom stereocenters. The predicted octanol–water partition coefficient (Wildman–Crippen LogP) is 3.03. The molecule has 0 bridgehead atoms. The van der Waals surface area contributed by atoms with Crippen LogP contribution in [-0.4, -0.2) is 10.1 Å². The number of aryl methyl sites for hydroxylation is 1. The number of furan rings is 1. The van der Waals surface area contributed by atoms with Crippen molar-refractivity contribution in [3.05, 3.63) is 59.2 Å². The van der Waals surface area contributed by atoms with Crippen LogP contribution < -0.4 is 5.32 Å². The van der Waals surface area contributed by atoms with E-state index in [4.69, 9.17) is 8.94 Å². The minimum Gasteiger partial charge on any atom is -0.461 e. The van der Waals surface area contributed by atoms with E-state index in [1.165, 1.54) is 11.1 Å². The van der Waals surface area contributed by atoms with Crippen molar-refractivity contribution in [1.82, 2.24) is 15.5 Å². The molecule has 4 rings (SSSR count). The maximum atomic E-state index is 5.41. The lowest BCUT2D eigenvalue weighted by molar-refractivity contribution is 0.321. The molecule has 2 aromatic heterocycles. The molecule has 1 aliphatic heterocycles. The maximum Gasteiger partial charge on any atom is 0.244 e. The summed E-state index contributed by atoms with van der Waals surface area (Å²) in [4.78, 5) is 4.48. The van der Waals surface area contributed by atoms with Crippen molar-refractivity contribution in [3.8, 4) is 11.6 Å². The SMILES string of the molecule is Cc1ccoc1-c1noc([C@H]2Cc3ccccc3CN2)n1. The Morgan fingerprint density at radius 2 is 2.05 bits per heavy atom. The summed E-state index contributed by atoms with van der Waals surface area (Å²) >= 11 is 0. The van der Waals surface area contributed by atoms with Crippen molar-refractivity contribution in [2.45, 2.75) is 25.9 Å². The monoisotopic (exact) mass is 281 g/mol. The second-order valence-electron chi connectivity index (χ2n) is 5.30. The molecule has 1 aromatic carbocycles. The van der Waals surface area contributed by atoms with E-state index in [0.29, 0.717) is 17.5 Å². The lowest BCUT2D eigenvalue weighted by atomic mass is 9.96. The quantitative estimate of drug-likeness (QED) is 0.782. The lowest BCUT2D eigenvalue weighted by Gasteiger charge is -2.23. The predicted molar refractivity (Wildman–Crippen MR) is 76.5 cm³/mol. The minimum atomic E-state index is 0.0522. The van der Waals surface area contributed by atoms with Crippen LogP contribution in [0.15, 0.2) is 45.5 Å². The van der Waals surface area contributed by atoms with Gasteiger partial charge in [0, 0.05) is 6.54 Å². The van der Waals surface area contributed by atoms with E-state index in [9.17, 15) is 0 Å². The zero-order valence-electron chi connectivity index (χ0n) is 11.7. The van der Waals surface area contributed by atoms with Gasteiger partial charge in [-0.2, -0.15) is 4.98 Å². The molecule has 0 radical (unpaired) electrons. The van der Waals surface area contributed by atoms with Gasteiger partial charge in [0.05, 0.1) is 12.3 Å². The van der Waals surface area contributed by atoms with Crippen LogP contribution in [0.4, 0.5) is 0 Å². The van der Waals surface area contributed by atoms with Gasteiger partial charge in [-0.05, 0) is 36.1 Å². The molecule has 1 atom stereocenters. The van der Waals surface area contributed by atoms with Gasteiger partial charge in [-0.15, -0.1) is 0 Å². The summed E-state index contributed by atoms with van der Waals surface area (Å²) in [6.07, 6.45) is 2.49. The van der Waals surface area contributed by atoms with Crippen LogP contribution in [0.1, 0.15) is 28.6 Å². The number of aromatic nitrogens is 2. The molecule has 106 valence electrons. The second kappa shape index (κ2) is 4.86. The van der Waals surface area contributed by atoms with Gasteiger partial charge in [0.25, 0.3) is 0 Å². The highest BCUT2D eigenvalue weighted by atomic mass is 16.5. The molecule has 0 aliphatic carbocycles. The Bertz CT molecular complexity index is 775. The van der Waals surface area contributed by atoms with Gasteiger partial charge in [-0.1, -0.05) is 29.4 Å². The summed E-state index contributed by atoms with van der Waals surface area (Å²) in [5.41, 5.74) is 3.66. The smallest absolute Gasteiger partial charge is 0.244 e. The Kier molecular flexibility index (Phi) is 2.86. The molecule has 0 spiro atoms. The third-order valence-corrected chi connectivity index (χ3v) is 3.89. The highest BCUT2D eigenvalue weighted by molar-refractivity contribution is 5.51. The van der Waals surface area contributed by atoms with Crippen LogP contribution in [-0.2, 0) is 13.0 Å². The van der Waals surface area contributed by atoms with Crippen LogP contribution in [0, 0.1) is 6.92 Å². The summed E-state index contributed by atoms with van der Waals surface area (Å²) in [6, 6.07) is 10.4. The number of rotatable bonds is 2. The maximum absolute atomic E-state index is 5.41. The fourth-order valence-corrected chi connectivity index (χ4v) is 2.70. The van der Waals surface area contributed by atoms with Gasteiger partial charge in [0.15, 0.2) is 5.76 Å². The molecule has 3 heterocycles. The van der Waals surface area contributed by atoms with Crippen LogP contribution in [0.25, 0.3) is 11.6 Å². The standard InChI is InChI=1S/C16H15N3O2/c1-10-6-7-20-14(10)15-18-16(21-19-15)13-8-11-4-2-3-5-12(11)9-17-13/h2-7,13,17H,8-9H2,1H3/t13-/m1/s1. The van der Waals surface area contributed by atoms with Crippen LogP contribution >= 0.6 is 0 Å². The van der Waals surface area contributed by atoms with Crippen LogP contribution in [0.5, 0.6) is 0 Å². The summed E-state index contributed by atoms with van der Waals surface area (Å²) in [5.74, 6) is 1.78. The molecule has 0 fully saturated rings. The summed E-state index contributed by atoms with van der Waals surface area (Å²) in [7, 11) is 0. The lowest BCUT2D eigenvalue weighted by Crippen LogP contribution is -2.28. The topological polar surface area (TPSA) is 64.1 Å². The van der Waals surface area contributed by atoms with Gasteiger partial charge in [-0.3, -0.25) is 0 Å². The normalized spacial score (nSPS) is 17.7. The highest BCUT2D eigenvalue weighted by Gasteiger charge is 2.25. The van der Waals surface area contributed by atoms with Gasteiger partial charge in [0.1, 0.15) is 0 Å². The number of fused-ring (bicyclic) bond motifs is 1. The molecule has 1 N–H and O–H groups in total. The summed E-state index contributed by atoms with van der Waals surface area (Å²) < 4.78 is 10.8. The molecule has 3 aromatic rings. The van der Waals surface area contributed by atoms with Crippen molar-refractivity contribution in [2.75, 3.05) is 0 Å². The van der Waals surface area contributed by atoms with Crippen LogP contribution in [0.3, 0.4) is 0 Å². The summed E-state index contributed by atoms with van der Waals surface area (Å²) in [5, 5.41) is 7.47. The third-order valence-electron chi connectivity index (χ3n) is 3.89. The number of nitrogens with one attached hydrogen (secondary N) is 1. The Balaban J connectivity index is 1.61. The molecule has 0 saturated heterocycles. The molecular formula is C16H15N3O2. The van der Waals surface area contributed by atoms with Crippen molar-refractivity contribution in [1.29, 1.82) is 0 Å². The first kappa shape index (κ1) is 12.3. The second-order valence-corrected chi connectivity index (χ2v) is 5.30. The van der Waals surface area contributed by atoms with Gasteiger partial charge < -0.3 is 14.3 Å². The number of hydrogen-bond donors (Lipinski definition) is 1. The van der Waals surface area contributed by atoms with E-state index < -0.39 is 0 Å². The summed E-state index contributed by atoms with van der Waals surface area (Å²) in [6.45, 7) is 2.78. The van der Waals surface area contributed by atoms with Crippen molar-refractivity contribution >= 4 is 0 Å². The fraction of sp³-hybridized carbons (Fsp3) is 0.250. The first-order valence-corrected chi connectivity index (χ1v) is 6.99. The Morgan fingerprint density at radius 1 is 1.19 bits per heavy atom. The van der Waals surface area contributed by atoms with E-state index in [2.05, 4.69) is 39.7 Å². The minimum absolute atomic E-state index is 0.0522. The van der Waals surface area contributed by atoms with E-state index in [0.717, 1.165) is 18.5 Å². The Labute approximate surface area is 122 Å². The van der Waals surface area contributed by atoms with E-state index in [1.54, 1.807) is 6.26 Å². The highest BCUT2D eigenvalue weighted by Crippen LogP contribution is 2.27. The number of hydrogen-bond acceptors (Lipinski definition) is 5. The molecule has 5 nitrogen and oxygen atoms in total. The first-order valence-electron chi connectivity index (χ1n) is 6.99. The van der Waals surface area contributed by atoms with Crippen LogP contribution in [0.2, 0.25) is 0 Å².